The maximum Gasteiger partial charge on any atom is 0.193 e. The van der Waals surface area contributed by atoms with Crippen LogP contribution in [0.25, 0.3) is 0 Å². The van der Waals surface area contributed by atoms with Crippen LogP contribution in [0.1, 0.15) is 50.8 Å². The summed E-state index contributed by atoms with van der Waals surface area (Å²) in [5, 5.41) is 3.60. The van der Waals surface area contributed by atoms with E-state index in [-0.39, 0.29) is 24.0 Å². The molecule has 26 heavy (non-hydrogen) atoms. The summed E-state index contributed by atoms with van der Waals surface area (Å²) in [5.41, 5.74) is 0. The number of unbranched alkanes of at least 4 members (excludes halogenated alkanes) is 1. The van der Waals surface area contributed by atoms with E-state index in [0.29, 0.717) is 4.75 Å². The number of hydrogen-bond donors (Lipinski definition) is 1. The molecule has 3 rings (SSSR count). The molecule has 1 aromatic heterocycles. The van der Waals surface area contributed by atoms with Crippen LogP contribution in [0.4, 0.5) is 0 Å². The van der Waals surface area contributed by atoms with E-state index >= 15 is 0 Å². The zero-order valence-electron chi connectivity index (χ0n) is 16.2. The summed E-state index contributed by atoms with van der Waals surface area (Å²) in [5.74, 6) is 3.44. The van der Waals surface area contributed by atoms with E-state index in [2.05, 4.69) is 49.6 Å². The van der Waals surface area contributed by atoms with Crippen molar-refractivity contribution in [1.29, 1.82) is 0 Å². The van der Waals surface area contributed by atoms with Crippen LogP contribution in [-0.2, 0) is 6.54 Å². The van der Waals surface area contributed by atoms with E-state index in [1.165, 1.54) is 50.8 Å². The van der Waals surface area contributed by atoms with Gasteiger partial charge in [0.2, 0.25) is 0 Å². The van der Waals surface area contributed by atoms with Gasteiger partial charge in [-0.25, -0.2) is 4.98 Å². The summed E-state index contributed by atoms with van der Waals surface area (Å²) >= 11 is 2.22. The molecule has 0 amide bonds. The lowest BCUT2D eigenvalue weighted by atomic mass is 9.87. The minimum absolute atomic E-state index is 0. The molecule has 0 radical (unpaired) electrons. The van der Waals surface area contributed by atoms with Crippen LogP contribution in [0.5, 0.6) is 0 Å². The van der Waals surface area contributed by atoms with Gasteiger partial charge in [-0.05, 0) is 32.6 Å². The topological polar surface area (TPSA) is 45.5 Å². The molecule has 5 nitrogen and oxygen atoms in total. The van der Waals surface area contributed by atoms with E-state index in [1.807, 2.05) is 13.2 Å². The number of nitrogens with zero attached hydrogens (tertiary/aromatic N) is 4. The third kappa shape index (κ3) is 5.78. The first-order valence-corrected chi connectivity index (χ1v) is 10.8. The summed E-state index contributed by atoms with van der Waals surface area (Å²) < 4.78 is 2.72. The lowest BCUT2D eigenvalue weighted by Crippen LogP contribution is -2.53. The molecule has 1 saturated carbocycles. The number of thioether (sulfide) groups is 1. The summed E-state index contributed by atoms with van der Waals surface area (Å²) in [6, 6.07) is 0. The second kappa shape index (κ2) is 10.8. The SMILES string of the molecule is CN=C(NCCCCn1ccnc1C)N1CCSC2(CCCCC2)C1.I. The molecule has 7 heteroatoms. The normalized spacial score (nSPS) is 20.1. The average Bonchev–Trinajstić information content (AvgIpc) is 3.04. The van der Waals surface area contributed by atoms with Crippen LogP contribution in [0.15, 0.2) is 17.4 Å². The Morgan fingerprint density at radius 2 is 2.12 bits per heavy atom. The van der Waals surface area contributed by atoms with E-state index in [4.69, 9.17) is 0 Å². The maximum atomic E-state index is 4.56. The van der Waals surface area contributed by atoms with Gasteiger partial charge in [-0.2, -0.15) is 11.8 Å². The Balaban J connectivity index is 0.00000243. The number of imidazole rings is 1. The number of aromatic nitrogens is 2. The van der Waals surface area contributed by atoms with Gasteiger partial charge in [-0.15, -0.1) is 24.0 Å². The molecule has 0 atom stereocenters. The van der Waals surface area contributed by atoms with Gasteiger partial charge in [0, 0.05) is 56.1 Å². The van der Waals surface area contributed by atoms with Gasteiger partial charge in [0.05, 0.1) is 0 Å². The lowest BCUT2D eigenvalue weighted by Gasteiger charge is -2.45. The Morgan fingerprint density at radius 1 is 1.31 bits per heavy atom. The molecule has 1 aliphatic heterocycles. The van der Waals surface area contributed by atoms with Gasteiger partial charge in [0.15, 0.2) is 5.96 Å². The molecule has 1 aromatic rings. The minimum atomic E-state index is 0. The number of aliphatic imine (C=N–C) groups is 1. The van der Waals surface area contributed by atoms with Gasteiger partial charge >= 0.3 is 0 Å². The van der Waals surface area contributed by atoms with Crippen molar-refractivity contribution in [2.75, 3.05) is 32.4 Å². The van der Waals surface area contributed by atoms with Gasteiger partial charge in [0.1, 0.15) is 5.82 Å². The highest BCUT2D eigenvalue weighted by molar-refractivity contribution is 14.0. The van der Waals surface area contributed by atoms with Crippen molar-refractivity contribution in [3.05, 3.63) is 18.2 Å². The number of hydrogen-bond acceptors (Lipinski definition) is 3. The molecule has 2 fully saturated rings. The first kappa shape index (κ1) is 21.9. The smallest absolute Gasteiger partial charge is 0.193 e. The summed E-state index contributed by atoms with van der Waals surface area (Å²) in [6.07, 6.45) is 13.3. The van der Waals surface area contributed by atoms with E-state index < -0.39 is 0 Å². The summed E-state index contributed by atoms with van der Waals surface area (Å²) in [7, 11) is 1.92. The number of guanidine groups is 1. The van der Waals surface area contributed by atoms with Crippen LogP contribution in [0.2, 0.25) is 0 Å². The minimum Gasteiger partial charge on any atom is -0.356 e. The van der Waals surface area contributed by atoms with Gasteiger partial charge in [0.25, 0.3) is 0 Å². The predicted molar refractivity (Wildman–Crippen MR) is 123 cm³/mol. The van der Waals surface area contributed by atoms with Crippen LogP contribution < -0.4 is 5.32 Å². The van der Waals surface area contributed by atoms with Crippen molar-refractivity contribution in [3.8, 4) is 0 Å². The molecular weight excluding hydrogens is 457 g/mol. The first-order valence-electron chi connectivity index (χ1n) is 9.80. The lowest BCUT2D eigenvalue weighted by molar-refractivity contribution is 0.293. The Hall–Kier alpha value is -0.440. The standard InChI is InChI=1S/C19H33N5S.HI/c1-17-21-11-13-23(17)12-7-6-10-22-18(20-2)24-14-15-25-19(16-24)8-4-3-5-9-19;/h11,13H,3-10,12,14-16H2,1-2H3,(H,20,22);1H. The van der Waals surface area contributed by atoms with Crippen LogP contribution in [0, 0.1) is 6.92 Å². The van der Waals surface area contributed by atoms with Gasteiger partial charge in [-0.1, -0.05) is 19.3 Å². The molecular formula is C19H34IN5S. The number of halogens is 1. The van der Waals surface area contributed by atoms with Gasteiger partial charge < -0.3 is 14.8 Å². The fourth-order valence-corrected chi connectivity index (χ4v) is 5.67. The molecule has 0 unspecified atom stereocenters. The van der Waals surface area contributed by atoms with Crippen LogP contribution >= 0.6 is 35.7 Å². The molecule has 1 spiro atoms. The second-order valence-electron chi connectivity index (χ2n) is 7.36. The molecule has 0 bridgehead atoms. The van der Waals surface area contributed by atoms with E-state index in [1.54, 1.807) is 0 Å². The molecule has 1 aliphatic carbocycles. The van der Waals surface area contributed by atoms with Crippen molar-refractivity contribution in [2.45, 2.75) is 63.2 Å². The molecule has 148 valence electrons. The number of aryl methyl sites for hydroxylation is 2. The molecule has 2 heterocycles. The first-order chi connectivity index (χ1) is 12.2. The van der Waals surface area contributed by atoms with Crippen LogP contribution in [0.3, 0.4) is 0 Å². The molecule has 2 aliphatic rings. The monoisotopic (exact) mass is 491 g/mol. The highest BCUT2D eigenvalue weighted by Gasteiger charge is 2.38. The van der Waals surface area contributed by atoms with Crippen molar-refractivity contribution >= 4 is 41.7 Å². The summed E-state index contributed by atoms with van der Waals surface area (Å²) in [4.78, 5) is 11.3. The second-order valence-corrected chi connectivity index (χ2v) is 8.93. The van der Waals surface area contributed by atoms with Crippen molar-refractivity contribution in [1.82, 2.24) is 19.8 Å². The molecule has 0 aromatic carbocycles. The van der Waals surface area contributed by atoms with Crippen molar-refractivity contribution in [2.24, 2.45) is 4.99 Å². The van der Waals surface area contributed by atoms with Gasteiger partial charge in [-0.3, -0.25) is 4.99 Å². The van der Waals surface area contributed by atoms with Crippen molar-refractivity contribution < 1.29 is 0 Å². The Bertz CT molecular complexity index is 563. The molecule has 1 saturated heterocycles. The highest BCUT2D eigenvalue weighted by Crippen LogP contribution is 2.42. The Kier molecular flexibility index (Phi) is 9.06. The largest absolute Gasteiger partial charge is 0.356 e. The summed E-state index contributed by atoms with van der Waals surface area (Å²) in [6.45, 7) is 6.41. The third-order valence-corrected chi connectivity index (χ3v) is 7.09. The Morgan fingerprint density at radius 3 is 2.81 bits per heavy atom. The quantitative estimate of drug-likeness (QED) is 0.294. The highest BCUT2D eigenvalue weighted by atomic mass is 127. The predicted octanol–water partition coefficient (Wildman–Crippen LogP) is 3.92. The van der Waals surface area contributed by atoms with E-state index in [9.17, 15) is 0 Å². The average molecular weight is 491 g/mol. The van der Waals surface area contributed by atoms with Crippen molar-refractivity contribution in [3.63, 3.8) is 0 Å². The fraction of sp³-hybridized carbons (Fsp3) is 0.789. The number of nitrogens with one attached hydrogen (secondary N) is 1. The third-order valence-electron chi connectivity index (χ3n) is 5.56. The zero-order chi connectivity index (χ0) is 17.5. The fourth-order valence-electron chi connectivity index (χ4n) is 4.10. The van der Waals surface area contributed by atoms with E-state index in [0.717, 1.165) is 37.8 Å². The van der Waals surface area contributed by atoms with Crippen LogP contribution in [-0.4, -0.2) is 57.6 Å². The Labute approximate surface area is 179 Å². The molecule has 1 N–H and O–H groups in total. The maximum absolute atomic E-state index is 4.56. The number of rotatable bonds is 5. The zero-order valence-corrected chi connectivity index (χ0v) is 19.4.